The summed E-state index contributed by atoms with van der Waals surface area (Å²) >= 11 is 0. The normalized spacial score (nSPS) is 23.4. The number of nitrogens with one attached hydrogen (secondary N) is 1. The Bertz CT molecular complexity index is 578. The molecule has 1 fully saturated rings. The first-order valence-electron chi connectivity index (χ1n) is 6.12. The van der Waals surface area contributed by atoms with E-state index in [0.29, 0.717) is 11.1 Å². The molecule has 2 aromatic rings. The van der Waals surface area contributed by atoms with Gasteiger partial charge in [-0.05, 0) is 37.5 Å². The number of hydrogen-bond acceptors (Lipinski definition) is 4. The zero-order valence-corrected chi connectivity index (χ0v) is 9.93. The van der Waals surface area contributed by atoms with E-state index in [1.165, 1.54) is 6.39 Å². The minimum Gasteiger partial charge on any atom is -0.443 e. The third-order valence-corrected chi connectivity index (χ3v) is 3.40. The second-order valence-corrected chi connectivity index (χ2v) is 4.78. The summed E-state index contributed by atoms with van der Waals surface area (Å²) in [5.74, 6) is -0.0765. The Morgan fingerprint density at radius 1 is 1.44 bits per heavy atom. The lowest BCUT2D eigenvalue weighted by Gasteiger charge is -2.12. The number of amides is 1. The number of oxazole rings is 1. The molecule has 1 saturated carbocycles. The van der Waals surface area contributed by atoms with Gasteiger partial charge < -0.3 is 15.5 Å². The molecule has 1 aromatic carbocycles. The van der Waals surface area contributed by atoms with Gasteiger partial charge in [0.2, 0.25) is 0 Å². The first kappa shape index (κ1) is 11.2. The largest absolute Gasteiger partial charge is 0.443 e. The Morgan fingerprint density at radius 3 is 3.11 bits per heavy atom. The monoisotopic (exact) mass is 245 g/mol. The van der Waals surface area contributed by atoms with Crippen molar-refractivity contribution in [2.75, 3.05) is 0 Å². The number of carbonyl (C=O) groups is 1. The van der Waals surface area contributed by atoms with Gasteiger partial charge in [0.25, 0.3) is 5.91 Å². The lowest BCUT2D eigenvalue weighted by molar-refractivity contribution is 0.0937. The smallest absolute Gasteiger partial charge is 0.251 e. The van der Waals surface area contributed by atoms with E-state index in [2.05, 4.69) is 10.3 Å². The standard InChI is InChI=1S/C13H15N3O2/c14-9-2-3-10(6-9)16-13(17)8-1-4-11-12(5-8)18-7-15-11/h1,4-5,7,9-10H,2-3,6,14H2,(H,16,17). The molecule has 1 amide bonds. The maximum absolute atomic E-state index is 12.1. The average Bonchev–Trinajstić information content (AvgIpc) is 2.96. The van der Waals surface area contributed by atoms with Crippen molar-refractivity contribution in [2.45, 2.75) is 31.3 Å². The molecule has 5 nitrogen and oxygen atoms in total. The van der Waals surface area contributed by atoms with Crippen LogP contribution in [0.1, 0.15) is 29.6 Å². The van der Waals surface area contributed by atoms with E-state index in [-0.39, 0.29) is 18.0 Å². The van der Waals surface area contributed by atoms with Crippen molar-refractivity contribution < 1.29 is 9.21 Å². The number of nitrogens with two attached hydrogens (primary N) is 1. The predicted molar refractivity (Wildman–Crippen MR) is 67.1 cm³/mol. The summed E-state index contributed by atoms with van der Waals surface area (Å²) in [4.78, 5) is 16.1. The van der Waals surface area contributed by atoms with Gasteiger partial charge in [-0.1, -0.05) is 0 Å². The van der Waals surface area contributed by atoms with Gasteiger partial charge in [-0.2, -0.15) is 0 Å². The van der Waals surface area contributed by atoms with Gasteiger partial charge >= 0.3 is 0 Å². The fourth-order valence-corrected chi connectivity index (χ4v) is 2.41. The summed E-state index contributed by atoms with van der Waals surface area (Å²) in [5.41, 5.74) is 7.81. The minimum atomic E-state index is -0.0765. The summed E-state index contributed by atoms with van der Waals surface area (Å²) in [6.45, 7) is 0. The van der Waals surface area contributed by atoms with Crippen LogP contribution in [0.3, 0.4) is 0 Å². The molecule has 1 aliphatic carbocycles. The zero-order valence-electron chi connectivity index (χ0n) is 9.93. The van der Waals surface area contributed by atoms with Crippen molar-refractivity contribution in [1.29, 1.82) is 0 Å². The van der Waals surface area contributed by atoms with Crippen molar-refractivity contribution in [3.05, 3.63) is 30.2 Å². The van der Waals surface area contributed by atoms with Crippen LogP contribution in [0.25, 0.3) is 11.1 Å². The van der Waals surface area contributed by atoms with E-state index in [0.717, 1.165) is 24.8 Å². The maximum atomic E-state index is 12.1. The minimum absolute atomic E-state index is 0.0765. The van der Waals surface area contributed by atoms with Crippen LogP contribution in [0.4, 0.5) is 0 Å². The molecule has 0 bridgehead atoms. The van der Waals surface area contributed by atoms with Crippen LogP contribution in [-0.2, 0) is 0 Å². The molecule has 3 rings (SSSR count). The molecular weight excluding hydrogens is 230 g/mol. The quantitative estimate of drug-likeness (QED) is 0.838. The van der Waals surface area contributed by atoms with E-state index < -0.39 is 0 Å². The van der Waals surface area contributed by atoms with E-state index in [9.17, 15) is 4.79 Å². The first-order valence-corrected chi connectivity index (χ1v) is 6.12. The van der Waals surface area contributed by atoms with Crippen LogP contribution in [0.5, 0.6) is 0 Å². The van der Waals surface area contributed by atoms with Gasteiger partial charge in [0.05, 0.1) is 0 Å². The van der Waals surface area contributed by atoms with Crippen LogP contribution in [-0.4, -0.2) is 23.0 Å². The van der Waals surface area contributed by atoms with Crippen molar-refractivity contribution in [3.8, 4) is 0 Å². The molecule has 0 spiro atoms. The number of rotatable bonds is 2. The molecule has 5 heteroatoms. The van der Waals surface area contributed by atoms with E-state index >= 15 is 0 Å². The summed E-state index contributed by atoms with van der Waals surface area (Å²) in [7, 11) is 0. The topological polar surface area (TPSA) is 81.1 Å². The number of benzene rings is 1. The Labute approximate surface area is 104 Å². The molecule has 0 saturated heterocycles. The lowest BCUT2D eigenvalue weighted by atomic mass is 10.1. The zero-order chi connectivity index (χ0) is 12.5. The number of nitrogens with zero attached hydrogens (tertiary/aromatic N) is 1. The predicted octanol–water partition coefficient (Wildman–Crippen LogP) is 1.44. The molecule has 3 N–H and O–H groups in total. The molecule has 1 aliphatic rings. The Kier molecular flexibility index (Phi) is 2.76. The van der Waals surface area contributed by atoms with E-state index in [1.54, 1.807) is 18.2 Å². The van der Waals surface area contributed by atoms with E-state index in [4.69, 9.17) is 10.2 Å². The summed E-state index contributed by atoms with van der Waals surface area (Å²) in [5, 5.41) is 3.00. The molecule has 0 radical (unpaired) electrons. The lowest BCUT2D eigenvalue weighted by Crippen LogP contribution is -2.33. The van der Waals surface area contributed by atoms with Crippen LogP contribution < -0.4 is 11.1 Å². The fraction of sp³-hybridized carbons (Fsp3) is 0.385. The van der Waals surface area contributed by atoms with Crippen molar-refractivity contribution in [1.82, 2.24) is 10.3 Å². The highest BCUT2D eigenvalue weighted by Gasteiger charge is 2.23. The molecule has 2 unspecified atom stereocenters. The maximum Gasteiger partial charge on any atom is 0.251 e. The average molecular weight is 245 g/mol. The summed E-state index contributed by atoms with van der Waals surface area (Å²) in [6.07, 6.45) is 4.17. The third kappa shape index (κ3) is 2.09. The second kappa shape index (κ2) is 4.42. The number of carbonyl (C=O) groups excluding carboxylic acids is 1. The van der Waals surface area contributed by atoms with E-state index in [1.807, 2.05) is 0 Å². The highest BCUT2D eigenvalue weighted by Crippen LogP contribution is 2.19. The third-order valence-electron chi connectivity index (χ3n) is 3.40. The van der Waals surface area contributed by atoms with Crippen molar-refractivity contribution in [2.24, 2.45) is 5.73 Å². The summed E-state index contributed by atoms with van der Waals surface area (Å²) in [6, 6.07) is 5.67. The molecule has 2 atom stereocenters. The van der Waals surface area contributed by atoms with Gasteiger partial charge in [-0.25, -0.2) is 4.98 Å². The highest BCUT2D eigenvalue weighted by molar-refractivity contribution is 5.97. The number of fused-ring (bicyclic) bond motifs is 1. The van der Waals surface area contributed by atoms with Crippen molar-refractivity contribution >= 4 is 17.0 Å². The molecule has 94 valence electrons. The fourth-order valence-electron chi connectivity index (χ4n) is 2.41. The van der Waals surface area contributed by atoms with Crippen LogP contribution in [0, 0.1) is 0 Å². The Hall–Kier alpha value is -1.88. The van der Waals surface area contributed by atoms with Gasteiger partial charge in [0, 0.05) is 17.6 Å². The van der Waals surface area contributed by atoms with Gasteiger partial charge in [0.1, 0.15) is 5.52 Å². The summed E-state index contributed by atoms with van der Waals surface area (Å²) < 4.78 is 5.18. The van der Waals surface area contributed by atoms with Crippen LogP contribution >= 0.6 is 0 Å². The molecule has 1 heterocycles. The van der Waals surface area contributed by atoms with Gasteiger partial charge in [0.15, 0.2) is 12.0 Å². The second-order valence-electron chi connectivity index (χ2n) is 4.78. The van der Waals surface area contributed by atoms with Crippen LogP contribution in [0.2, 0.25) is 0 Å². The first-order chi connectivity index (χ1) is 8.72. The Morgan fingerprint density at radius 2 is 2.33 bits per heavy atom. The number of aromatic nitrogens is 1. The Balaban J connectivity index is 1.75. The molecule has 1 aromatic heterocycles. The van der Waals surface area contributed by atoms with Crippen molar-refractivity contribution in [3.63, 3.8) is 0 Å². The molecular formula is C13H15N3O2. The van der Waals surface area contributed by atoms with Gasteiger partial charge in [-0.3, -0.25) is 4.79 Å². The molecule has 0 aliphatic heterocycles. The van der Waals surface area contributed by atoms with Gasteiger partial charge in [-0.15, -0.1) is 0 Å². The number of hydrogen-bond donors (Lipinski definition) is 2. The SMILES string of the molecule is NC1CCC(NC(=O)c2ccc3ncoc3c2)C1. The van der Waals surface area contributed by atoms with Crippen LogP contribution in [0.15, 0.2) is 29.0 Å². The molecule has 18 heavy (non-hydrogen) atoms. The highest BCUT2D eigenvalue weighted by atomic mass is 16.3.